The molecule has 2 aromatic rings. The highest BCUT2D eigenvalue weighted by molar-refractivity contribution is 6.30. The molecular weight excluding hydrogens is 286 g/mol. The number of hydrogen-bond donors (Lipinski definition) is 1. The molecule has 1 heterocycles. The normalized spacial score (nSPS) is 12.4. The first kappa shape index (κ1) is 15.9. The average Bonchev–Trinajstić information content (AvgIpc) is 2.74. The van der Waals surface area contributed by atoms with Crippen molar-refractivity contribution in [2.75, 3.05) is 13.2 Å². The Kier molecular flexibility index (Phi) is 5.65. The van der Waals surface area contributed by atoms with Gasteiger partial charge in [0.15, 0.2) is 0 Å². The minimum absolute atomic E-state index is 0.240. The molecule has 114 valence electrons. The van der Waals surface area contributed by atoms with Gasteiger partial charge in [0.2, 0.25) is 0 Å². The van der Waals surface area contributed by atoms with E-state index in [1.807, 2.05) is 42.9 Å². The van der Waals surface area contributed by atoms with Gasteiger partial charge in [0.1, 0.15) is 12.4 Å². The van der Waals surface area contributed by atoms with Gasteiger partial charge in [-0.3, -0.25) is 4.68 Å². The van der Waals surface area contributed by atoms with Gasteiger partial charge in [-0.1, -0.05) is 24.6 Å². The summed E-state index contributed by atoms with van der Waals surface area (Å²) in [6, 6.07) is 9.84. The minimum atomic E-state index is 0.240. The van der Waals surface area contributed by atoms with Crippen molar-refractivity contribution in [3.63, 3.8) is 0 Å². The summed E-state index contributed by atoms with van der Waals surface area (Å²) in [5, 5.41) is 8.53. The van der Waals surface area contributed by atoms with E-state index in [-0.39, 0.29) is 6.04 Å². The maximum atomic E-state index is 5.97. The highest BCUT2D eigenvalue weighted by Gasteiger charge is 2.13. The van der Waals surface area contributed by atoms with Gasteiger partial charge in [-0.25, -0.2) is 0 Å². The molecule has 0 aliphatic rings. The van der Waals surface area contributed by atoms with Gasteiger partial charge in [-0.05, 0) is 37.7 Å². The van der Waals surface area contributed by atoms with Crippen molar-refractivity contribution < 1.29 is 4.74 Å². The molecule has 1 aromatic carbocycles. The standard InChI is InChI=1S/C16H22ClN3O/c1-4-18-14(10-15-8-12(2)19-20(15)3)11-21-16-7-5-6-13(17)9-16/h5-9,14,18H,4,10-11H2,1-3H3. The van der Waals surface area contributed by atoms with E-state index >= 15 is 0 Å². The predicted octanol–water partition coefficient (Wildman–Crippen LogP) is 2.98. The number of likely N-dealkylation sites (N-methyl/N-ethyl adjacent to an activating group) is 1. The lowest BCUT2D eigenvalue weighted by molar-refractivity contribution is 0.263. The molecule has 0 bridgehead atoms. The van der Waals surface area contributed by atoms with Crippen molar-refractivity contribution in [3.8, 4) is 5.75 Å². The van der Waals surface area contributed by atoms with Crippen LogP contribution in [-0.4, -0.2) is 29.0 Å². The molecule has 21 heavy (non-hydrogen) atoms. The number of aryl methyl sites for hydroxylation is 2. The smallest absolute Gasteiger partial charge is 0.120 e. The first-order valence-electron chi connectivity index (χ1n) is 7.19. The Morgan fingerprint density at radius 3 is 2.81 bits per heavy atom. The SMILES string of the molecule is CCNC(COc1cccc(Cl)c1)Cc1cc(C)nn1C. The number of aromatic nitrogens is 2. The molecule has 4 nitrogen and oxygen atoms in total. The molecule has 0 saturated carbocycles. The van der Waals surface area contributed by atoms with Crippen LogP contribution in [-0.2, 0) is 13.5 Å². The van der Waals surface area contributed by atoms with Crippen LogP contribution in [0.3, 0.4) is 0 Å². The second-order valence-electron chi connectivity index (χ2n) is 5.13. The van der Waals surface area contributed by atoms with Crippen LogP contribution in [0.2, 0.25) is 5.02 Å². The summed E-state index contributed by atoms with van der Waals surface area (Å²) >= 11 is 5.97. The van der Waals surface area contributed by atoms with E-state index in [1.54, 1.807) is 0 Å². The molecule has 0 aliphatic carbocycles. The first-order chi connectivity index (χ1) is 10.1. The van der Waals surface area contributed by atoms with Gasteiger partial charge >= 0.3 is 0 Å². The molecule has 0 radical (unpaired) electrons. The molecule has 1 atom stereocenters. The zero-order chi connectivity index (χ0) is 15.2. The van der Waals surface area contributed by atoms with Crippen LogP contribution >= 0.6 is 11.6 Å². The Labute approximate surface area is 131 Å². The zero-order valence-corrected chi connectivity index (χ0v) is 13.5. The number of benzene rings is 1. The third-order valence-electron chi connectivity index (χ3n) is 3.29. The number of rotatable bonds is 7. The number of nitrogens with zero attached hydrogens (tertiary/aromatic N) is 2. The summed E-state index contributed by atoms with van der Waals surface area (Å²) < 4.78 is 7.77. The Hall–Kier alpha value is -1.52. The first-order valence-corrected chi connectivity index (χ1v) is 7.57. The lowest BCUT2D eigenvalue weighted by Crippen LogP contribution is -2.37. The molecule has 0 fully saturated rings. The van der Waals surface area contributed by atoms with E-state index in [0.717, 1.165) is 24.4 Å². The number of nitrogens with one attached hydrogen (secondary N) is 1. The molecule has 0 aliphatic heterocycles. The van der Waals surface area contributed by atoms with Crippen LogP contribution in [0.15, 0.2) is 30.3 Å². The highest BCUT2D eigenvalue weighted by atomic mass is 35.5. The number of hydrogen-bond acceptors (Lipinski definition) is 3. The second kappa shape index (κ2) is 7.48. The quantitative estimate of drug-likeness (QED) is 0.855. The van der Waals surface area contributed by atoms with Crippen LogP contribution < -0.4 is 10.1 Å². The fourth-order valence-electron chi connectivity index (χ4n) is 2.34. The Morgan fingerprint density at radius 2 is 2.19 bits per heavy atom. The largest absolute Gasteiger partial charge is 0.492 e. The molecule has 5 heteroatoms. The fourth-order valence-corrected chi connectivity index (χ4v) is 2.52. The Balaban J connectivity index is 1.97. The number of halogens is 1. The van der Waals surface area contributed by atoms with E-state index in [0.29, 0.717) is 11.6 Å². The molecule has 2 rings (SSSR count). The summed E-state index contributed by atoms with van der Waals surface area (Å²) in [6.45, 7) is 5.61. The molecule has 1 N–H and O–H groups in total. The van der Waals surface area contributed by atoms with E-state index in [2.05, 4.69) is 23.4 Å². The van der Waals surface area contributed by atoms with E-state index in [4.69, 9.17) is 16.3 Å². The van der Waals surface area contributed by atoms with Crippen LogP contribution in [0.1, 0.15) is 18.3 Å². The summed E-state index contributed by atoms with van der Waals surface area (Å²) in [6.07, 6.45) is 0.881. The summed E-state index contributed by atoms with van der Waals surface area (Å²) in [5.74, 6) is 0.798. The molecular formula is C16H22ClN3O. The van der Waals surface area contributed by atoms with Crippen molar-refractivity contribution in [2.24, 2.45) is 7.05 Å². The maximum absolute atomic E-state index is 5.97. The number of ether oxygens (including phenoxy) is 1. The zero-order valence-electron chi connectivity index (χ0n) is 12.8. The van der Waals surface area contributed by atoms with Gasteiger partial charge < -0.3 is 10.1 Å². The van der Waals surface area contributed by atoms with Crippen LogP contribution in [0.4, 0.5) is 0 Å². The Morgan fingerprint density at radius 1 is 1.38 bits per heavy atom. The van der Waals surface area contributed by atoms with Crippen LogP contribution in [0, 0.1) is 6.92 Å². The third-order valence-corrected chi connectivity index (χ3v) is 3.53. The van der Waals surface area contributed by atoms with Gasteiger partial charge in [0, 0.05) is 30.2 Å². The van der Waals surface area contributed by atoms with Crippen molar-refractivity contribution in [2.45, 2.75) is 26.3 Å². The van der Waals surface area contributed by atoms with Crippen LogP contribution in [0.25, 0.3) is 0 Å². The molecule has 1 unspecified atom stereocenters. The lowest BCUT2D eigenvalue weighted by atomic mass is 10.1. The van der Waals surface area contributed by atoms with Gasteiger partial charge in [-0.2, -0.15) is 5.10 Å². The Bertz CT molecular complexity index is 583. The molecule has 1 aromatic heterocycles. The summed E-state index contributed by atoms with van der Waals surface area (Å²) in [7, 11) is 1.98. The van der Waals surface area contributed by atoms with Gasteiger partial charge in [0.25, 0.3) is 0 Å². The molecule has 0 saturated heterocycles. The summed E-state index contributed by atoms with van der Waals surface area (Å²) in [4.78, 5) is 0. The average molecular weight is 308 g/mol. The highest BCUT2D eigenvalue weighted by Crippen LogP contribution is 2.17. The topological polar surface area (TPSA) is 39.1 Å². The lowest BCUT2D eigenvalue weighted by Gasteiger charge is -2.18. The monoisotopic (exact) mass is 307 g/mol. The van der Waals surface area contributed by atoms with Gasteiger partial charge in [-0.15, -0.1) is 0 Å². The predicted molar refractivity (Wildman–Crippen MR) is 86.1 cm³/mol. The second-order valence-corrected chi connectivity index (χ2v) is 5.56. The maximum Gasteiger partial charge on any atom is 0.120 e. The van der Waals surface area contributed by atoms with Crippen molar-refractivity contribution in [1.29, 1.82) is 0 Å². The van der Waals surface area contributed by atoms with Crippen molar-refractivity contribution >= 4 is 11.6 Å². The van der Waals surface area contributed by atoms with Crippen molar-refractivity contribution in [3.05, 3.63) is 46.7 Å². The molecule has 0 spiro atoms. The third kappa shape index (κ3) is 4.76. The summed E-state index contributed by atoms with van der Waals surface area (Å²) in [5.41, 5.74) is 2.24. The molecule has 0 amide bonds. The van der Waals surface area contributed by atoms with E-state index in [1.165, 1.54) is 5.69 Å². The van der Waals surface area contributed by atoms with E-state index < -0.39 is 0 Å². The van der Waals surface area contributed by atoms with E-state index in [9.17, 15) is 0 Å². The fraction of sp³-hybridized carbons (Fsp3) is 0.438. The van der Waals surface area contributed by atoms with Crippen molar-refractivity contribution in [1.82, 2.24) is 15.1 Å². The minimum Gasteiger partial charge on any atom is -0.492 e. The van der Waals surface area contributed by atoms with Gasteiger partial charge in [0.05, 0.1) is 5.69 Å². The van der Waals surface area contributed by atoms with Crippen LogP contribution in [0.5, 0.6) is 5.75 Å².